The van der Waals surface area contributed by atoms with Crippen molar-refractivity contribution in [2.75, 3.05) is 6.61 Å². The Balaban J connectivity index is 0.00000408. The van der Waals surface area contributed by atoms with Crippen LogP contribution in [0.2, 0.25) is 5.04 Å². The fourth-order valence-corrected chi connectivity index (χ4v) is 9.14. The zero-order valence-corrected chi connectivity index (χ0v) is 26.4. The summed E-state index contributed by atoms with van der Waals surface area (Å²) in [6, 6.07) is 25.4. The second-order valence-corrected chi connectivity index (χ2v) is 14.4. The molecule has 34 heavy (non-hydrogen) atoms. The Morgan fingerprint density at radius 3 is 1.97 bits per heavy atom. The molecular formula is C28H36KNO2SSi. The molecule has 0 saturated heterocycles. The molecule has 2 aromatic carbocycles. The molecule has 1 aromatic heterocycles. The molecule has 1 atom stereocenters. The summed E-state index contributed by atoms with van der Waals surface area (Å²) in [5.41, 5.74) is 0.921. The van der Waals surface area contributed by atoms with Gasteiger partial charge in [0.1, 0.15) is 0 Å². The number of aromatic nitrogens is 1. The molecule has 0 bridgehead atoms. The van der Waals surface area contributed by atoms with Crippen molar-refractivity contribution in [2.24, 2.45) is 0 Å². The van der Waals surface area contributed by atoms with E-state index in [1.807, 2.05) is 19.1 Å². The van der Waals surface area contributed by atoms with Crippen LogP contribution in [0.25, 0.3) is 0 Å². The van der Waals surface area contributed by atoms with Gasteiger partial charge in [0.05, 0.1) is 6.10 Å². The summed E-state index contributed by atoms with van der Waals surface area (Å²) in [5.74, 6) is 0.570. The predicted molar refractivity (Wildman–Crippen MR) is 142 cm³/mol. The average Bonchev–Trinajstić information content (AvgIpc) is 2.79. The summed E-state index contributed by atoms with van der Waals surface area (Å²) in [5, 5.41) is 2.65. The van der Waals surface area contributed by atoms with Crippen LogP contribution in [0.4, 0.5) is 0 Å². The molecule has 0 N–H and O–H groups in total. The minimum absolute atomic E-state index is 0. The summed E-state index contributed by atoms with van der Waals surface area (Å²) in [4.78, 5) is 5.11. The molecule has 0 unspecified atom stereocenters. The summed E-state index contributed by atoms with van der Waals surface area (Å²) < 4.78 is 13.0. The zero-order valence-electron chi connectivity index (χ0n) is 21.5. The van der Waals surface area contributed by atoms with E-state index in [0.717, 1.165) is 31.6 Å². The molecule has 3 rings (SSSR count). The van der Waals surface area contributed by atoms with Gasteiger partial charge >= 0.3 is 51.4 Å². The monoisotopic (exact) mass is 517 g/mol. The molecule has 0 spiro atoms. The second kappa shape index (κ2) is 13.7. The van der Waals surface area contributed by atoms with E-state index in [-0.39, 0.29) is 62.5 Å². The van der Waals surface area contributed by atoms with Crippen molar-refractivity contribution in [3.63, 3.8) is 0 Å². The average molecular weight is 518 g/mol. The van der Waals surface area contributed by atoms with E-state index in [1.165, 1.54) is 10.4 Å². The van der Waals surface area contributed by atoms with Gasteiger partial charge in [-0.2, -0.15) is 0 Å². The van der Waals surface area contributed by atoms with E-state index >= 15 is 0 Å². The normalized spacial score (nSPS) is 12.6. The first-order valence-corrected chi connectivity index (χ1v) is 14.1. The second-order valence-electron chi connectivity index (χ2n) is 9.69. The van der Waals surface area contributed by atoms with Crippen molar-refractivity contribution >= 4 is 31.3 Å². The van der Waals surface area contributed by atoms with Crippen molar-refractivity contribution in [3.8, 4) is 5.88 Å². The summed E-state index contributed by atoms with van der Waals surface area (Å²) >= 11 is 5.35. The SMILES string of the molecule is Cc1ccc([S-])c(O[C@H](C)CCCCO[Si](c2ccccc2)(c2ccccc2)C(C)(C)C)n1.[K+]. The van der Waals surface area contributed by atoms with Crippen LogP contribution < -0.4 is 66.5 Å². The van der Waals surface area contributed by atoms with Crippen molar-refractivity contribution in [2.45, 2.75) is 69.9 Å². The molecule has 176 valence electrons. The smallest absolute Gasteiger partial charge is 0.775 e. The number of benzene rings is 2. The fourth-order valence-electron chi connectivity index (χ4n) is 4.37. The molecule has 0 amide bonds. The Bertz CT molecular complexity index is 972. The van der Waals surface area contributed by atoms with Gasteiger partial charge in [-0.1, -0.05) is 87.5 Å². The Hall–Kier alpha value is -0.577. The van der Waals surface area contributed by atoms with E-state index in [1.54, 1.807) is 0 Å². The molecule has 0 radical (unpaired) electrons. The molecule has 0 fully saturated rings. The van der Waals surface area contributed by atoms with Crippen molar-refractivity contribution < 1.29 is 60.5 Å². The first kappa shape index (κ1) is 29.7. The molecule has 0 aliphatic carbocycles. The summed E-state index contributed by atoms with van der Waals surface area (Å²) in [6.07, 6.45) is 3.01. The van der Waals surface area contributed by atoms with Gasteiger partial charge in [-0.15, -0.1) is 4.90 Å². The maximum atomic E-state index is 6.97. The Morgan fingerprint density at radius 2 is 1.44 bits per heavy atom. The molecule has 6 heteroatoms. The molecule has 0 saturated carbocycles. The topological polar surface area (TPSA) is 31.4 Å². The predicted octanol–water partition coefficient (Wildman–Crippen LogP) is 2.81. The van der Waals surface area contributed by atoms with E-state index < -0.39 is 8.32 Å². The van der Waals surface area contributed by atoms with Crippen LogP contribution >= 0.6 is 0 Å². The molecule has 1 heterocycles. The number of hydrogen-bond donors (Lipinski definition) is 0. The standard InChI is InChI=1S/C28H37NO2SSi.K/c1-22-19-20-26(32)27(29-22)31-23(2)14-12-13-21-30-33(28(3,4)5,24-15-8-6-9-16-24)25-17-10-7-11-18-25;/h6-11,15-20,23,32H,12-14,21H2,1-5H3;/q;+1/p-1/t23-;/m1./s1. The first-order valence-electron chi connectivity index (χ1n) is 11.8. The van der Waals surface area contributed by atoms with Gasteiger partial charge in [-0.25, -0.2) is 4.98 Å². The molecule has 3 aromatic rings. The minimum atomic E-state index is -2.46. The van der Waals surface area contributed by atoms with Crippen molar-refractivity contribution in [1.29, 1.82) is 0 Å². The van der Waals surface area contributed by atoms with Gasteiger partial charge in [0.25, 0.3) is 8.32 Å². The number of rotatable bonds is 10. The van der Waals surface area contributed by atoms with Gasteiger partial charge in [0.15, 0.2) is 5.88 Å². The molecule has 0 aliphatic heterocycles. The van der Waals surface area contributed by atoms with E-state index in [4.69, 9.17) is 21.8 Å². The van der Waals surface area contributed by atoms with Crippen LogP contribution in [0.3, 0.4) is 0 Å². The quantitative estimate of drug-likeness (QED) is 0.235. The van der Waals surface area contributed by atoms with Crippen LogP contribution in [0, 0.1) is 6.92 Å². The summed E-state index contributed by atoms with van der Waals surface area (Å²) in [7, 11) is -2.46. The largest absolute Gasteiger partial charge is 1.00 e. The van der Waals surface area contributed by atoms with Crippen LogP contribution in [-0.4, -0.2) is 26.0 Å². The third-order valence-corrected chi connectivity index (χ3v) is 11.4. The number of nitrogens with zero attached hydrogens (tertiary/aromatic N) is 1. The maximum Gasteiger partial charge on any atom is 1.00 e. The minimum Gasteiger partial charge on any atom is -0.775 e. The van der Waals surface area contributed by atoms with Gasteiger partial charge in [-0.3, -0.25) is 0 Å². The Kier molecular flexibility index (Phi) is 11.9. The van der Waals surface area contributed by atoms with Crippen LogP contribution in [0.5, 0.6) is 5.88 Å². The molecule has 0 aliphatic rings. The van der Waals surface area contributed by atoms with Gasteiger partial charge < -0.3 is 21.8 Å². The first-order chi connectivity index (χ1) is 15.7. The van der Waals surface area contributed by atoms with E-state index in [9.17, 15) is 0 Å². The number of aryl methyl sites for hydroxylation is 1. The fraction of sp³-hybridized carbons (Fsp3) is 0.393. The number of hydrogen-bond acceptors (Lipinski definition) is 4. The molecular weight excluding hydrogens is 482 g/mol. The van der Waals surface area contributed by atoms with E-state index in [2.05, 4.69) is 93.3 Å². The maximum absolute atomic E-state index is 6.97. The molecule has 3 nitrogen and oxygen atoms in total. The Labute approximate surface area is 255 Å². The van der Waals surface area contributed by atoms with Crippen LogP contribution in [-0.2, 0) is 17.1 Å². The van der Waals surface area contributed by atoms with E-state index in [0.29, 0.717) is 10.8 Å². The number of ether oxygens (including phenoxy) is 1. The summed E-state index contributed by atoms with van der Waals surface area (Å²) in [6.45, 7) is 11.7. The van der Waals surface area contributed by atoms with Crippen LogP contribution in [0.1, 0.15) is 52.7 Å². The third-order valence-electron chi connectivity index (χ3n) is 6.02. The van der Waals surface area contributed by atoms with Crippen molar-refractivity contribution in [3.05, 3.63) is 78.5 Å². The third kappa shape index (κ3) is 7.46. The van der Waals surface area contributed by atoms with Gasteiger partial charge in [-0.05, 0) is 54.6 Å². The number of unbranched alkanes of at least 4 members (excludes halogenated alkanes) is 1. The van der Waals surface area contributed by atoms with Gasteiger partial charge in [0, 0.05) is 12.3 Å². The number of pyridine rings is 1. The Morgan fingerprint density at radius 1 is 0.882 bits per heavy atom. The van der Waals surface area contributed by atoms with Gasteiger partial charge in [0.2, 0.25) is 0 Å². The van der Waals surface area contributed by atoms with Crippen molar-refractivity contribution in [1.82, 2.24) is 4.98 Å². The van der Waals surface area contributed by atoms with Crippen LogP contribution in [0.15, 0.2) is 77.7 Å². The zero-order chi connectivity index (χ0) is 23.9.